The molecule has 0 fully saturated rings. The molecule has 0 amide bonds. The molecule has 0 bridgehead atoms. The Morgan fingerprint density at radius 3 is 2.52 bits per heavy atom. The second kappa shape index (κ2) is 7.10. The number of benzene rings is 1. The van der Waals surface area contributed by atoms with Crippen molar-refractivity contribution in [1.29, 1.82) is 0 Å². The van der Waals surface area contributed by atoms with Crippen molar-refractivity contribution in [1.82, 2.24) is 0 Å². The highest BCUT2D eigenvalue weighted by Gasteiger charge is 2.32. The van der Waals surface area contributed by atoms with E-state index in [1.54, 1.807) is 0 Å². The first kappa shape index (κ1) is 17.7. The van der Waals surface area contributed by atoms with Crippen molar-refractivity contribution in [3.63, 3.8) is 0 Å². The molecule has 1 aromatic rings. The first-order chi connectivity index (χ1) is 9.60. The van der Waals surface area contributed by atoms with Gasteiger partial charge in [0.1, 0.15) is 17.7 Å². The van der Waals surface area contributed by atoms with Crippen LogP contribution < -0.4 is 4.74 Å². The number of carbonyl (C=O) groups is 1. The van der Waals surface area contributed by atoms with Crippen molar-refractivity contribution in [2.45, 2.75) is 25.5 Å². The number of hydrogen-bond acceptors (Lipinski definition) is 5. The third-order valence-electron chi connectivity index (χ3n) is 2.34. The molecule has 118 valence electrons. The van der Waals surface area contributed by atoms with Gasteiger partial charge in [-0.25, -0.2) is 4.39 Å². The van der Waals surface area contributed by atoms with Crippen molar-refractivity contribution < 1.29 is 37.3 Å². The van der Waals surface area contributed by atoms with Crippen molar-refractivity contribution in [3.8, 4) is 5.75 Å². The molecule has 0 aliphatic carbocycles. The third kappa shape index (κ3) is 5.90. The predicted octanol–water partition coefficient (Wildman–Crippen LogP) is 2.40. The predicted molar refractivity (Wildman–Crippen MR) is 67.2 cm³/mol. The highest BCUT2D eigenvalue weighted by Crippen LogP contribution is 2.29. The molecule has 0 heterocycles. The summed E-state index contributed by atoms with van der Waals surface area (Å²) in [4.78, 5) is 10.7. The monoisotopic (exact) mass is 328 g/mol. The summed E-state index contributed by atoms with van der Waals surface area (Å²) in [6, 6.07) is 2.08. The molecule has 2 atom stereocenters. The zero-order valence-corrected chi connectivity index (χ0v) is 11.5. The zero-order chi connectivity index (χ0) is 16.2. The second-order valence-corrected chi connectivity index (χ2v) is 5.24. The average Bonchev–Trinajstić information content (AvgIpc) is 2.35. The summed E-state index contributed by atoms with van der Waals surface area (Å²) in [5.74, 6) is -1.94. The Balaban J connectivity index is 2.89. The van der Waals surface area contributed by atoms with E-state index in [2.05, 4.69) is 4.74 Å². The number of halogens is 4. The molecular weight excluding hydrogens is 316 g/mol. The van der Waals surface area contributed by atoms with Crippen LogP contribution in [-0.4, -0.2) is 33.5 Å². The van der Waals surface area contributed by atoms with Crippen LogP contribution in [0.1, 0.15) is 18.6 Å². The van der Waals surface area contributed by atoms with Gasteiger partial charge in [-0.2, -0.15) is 0 Å². The molecule has 0 spiro atoms. The number of carbonyl (C=O) groups excluding carboxylic acids is 1. The first-order valence-corrected chi connectivity index (χ1v) is 6.63. The molecule has 4 nitrogen and oxygen atoms in total. The van der Waals surface area contributed by atoms with Crippen LogP contribution in [0.4, 0.5) is 17.6 Å². The summed E-state index contributed by atoms with van der Waals surface area (Å²) < 4.78 is 53.4. The Labute approximate surface area is 121 Å². The first-order valence-electron chi connectivity index (χ1n) is 5.65. The molecule has 1 aromatic carbocycles. The fourth-order valence-corrected chi connectivity index (χ4v) is 2.03. The van der Waals surface area contributed by atoms with E-state index in [1.165, 1.54) is 6.92 Å². The van der Waals surface area contributed by atoms with Gasteiger partial charge < -0.3 is 14.9 Å². The van der Waals surface area contributed by atoms with Gasteiger partial charge in [0.15, 0.2) is 5.12 Å². The van der Waals surface area contributed by atoms with Crippen molar-refractivity contribution in [3.05, 3.63) is 29.6 Å². The Morgan fingerprint density at radius 1 is 1.38 bits per heavy atom. The summed E-state index contributed by atoms with van der Waals surface area (Å²) in [7, 11) is 0. The highest BCUT2D eigenvalue weighted by molar-refractivity contribution is 8.13. The smallest absolute Gasteiger partial charge is 0.406 e. The molecule has 0 saturated carbocycles. The molecule has 0 aliphatic rings. The minimum Gasteiger partial charge on any atom is -0.406 e. The largest absolute Gasteiger partial charge is 0.573 e. The average molecular weight is 328 g/mol. The van der Waals surface area contributed by atoms with Gasteiger partial charge in [-0.3, -0.25) is 4.79 Å². The maximum absolute atomic E-state index is 13.5. The summed E-state index contributed by atoms with van der Waals surface area (Å²) in [5, 5.41) is 19.0. The minimum absolute atomic E-state index is 0.222. The molecular formula is C12H12F4O4S. The maximum atomic E-state index is 13.5. The van der Waals surface area contributed by atoms with E-state index in [1.807, 2.05) is 0 Å². The van der Waals surface area contributed by atoms with Crippen LogP contribution in [0, 0.1) is 5.82 Å². The van der Waals surface area contributed by atoms with Gasteiger partial charge in [-0.05, 0) is 18.2 Å². The Kier molecular flexibility index (Phi) is 5.99. The Morgan fingerprint density at radius 2 is 2.00 bits per heavy atom. The fraction of sp³-hybridized carbons (Fsp3) is 0.417. The summed E-state index contributed by atoms with van der Waals surface area (Å²) >= 11 is 0.700. The van der Waals surface area contributed by atoms with Gasteiger partial charge >= 0.3 is 6.36 Å². The molecule has 0 aliphatic heterocycles. The van der Waals surface area contributed by atoms with Gasteiger partial charge in [0, 0.05) is 18.2 Å². The quantitative estimate of drug-likeness (QED) is 0.813. The van der Waals surface area contributed by atoms with E-state index in [4.69, 9.17) is 0 Å². The van der Waals surface area contributed by atoms with Crippen LogP contribution in [-0.2, 0) is 4.79 Å². The lowest BCUT2D eigenvalue weighted by atomic mass is 10.0. The van der Waals surface area contributed by atoms with Gasteiger partial charge in [0.05, 0.1) is 6.10 Å². The van der Waals surface area contributed by atoms with Crippen LogP contribution in [0.2, 0.25) is 0 Å². The number of thioether (sulfide) groups is 1. The molecule has 21 heavy (non-hydrogen) atoms. The van der Waals surface area contributed by atoms with Crippen molar-refractivity contribution >= 4 is 16.9 Å². The number of aliphatic hydroxyl groups excluding tert-OH is 2. The van der Waals surface area contributed by atoms with Crippen LogP contribution in [0.25, 0.3) is 0 Å². The standard InChI is InChI=1S/C12H12F4O4S/c1-6(17)21-5-10(18)11(19)8-4-7(2-3-9(8)13)20-12(14,15)16/h2-4,10-11,18-19H,5H2,1H3. The summed E-state index contributed by atoms with van der Waals surface area (Å²) in [6.07, 6.45) is -8.26. The van der Waals surface area contributed by atoms with Crippen LogP contribution >= 0.6 is 11.8 Å². The summed E-state index contributed by atoms with van der Waals surface area (Å²) in [5.41, 5.74) is -0.548. The lowest BCUT2D eigenvalue weighted by Gasteiger charge is -2.19. The number of alkyl halides is 3. The SMILES string of the molecule is CC(=O)SCC(O)C(O)c1cc(OC(F)(F)F)ccc1F. The van der Waals surface area contributed by atoms with Gasteiger partial charge in [-0.15, -0.1) is 13.2 Å². The number of ether oxygens (including phenoxy) is 1. The van der Waals surface area contributed by atoms with Crippen LogP contribution in [0.3, 0.4) is 0 Å². The Bertz CT molecular complexity index is 507. The molecule has 2 unspecified atom stereocenters. The van der Waals surface area contributed by atoms with Gasteiger partial charge in [0.2, 0.25) is 0 Å². The topological polar surface area (TPSA) is 66.8 Å². The highest BCUT2D eigenvalue weighted by atomic mass is 32.2. The van der Waals surface area contributed by atoms with Crippen molar-refractivity contribution in [2.75, 3.05) is 5.75 Å². The molecule has 9 heteroatoms. The zero-order valence-electron chi connectivity index (χ0n) is 10.7. The lowest BCUT2D eigenvalue weighted by Crippen LogP contribution is -2.23. The van der Waals surface area contributed by atoms with Gasteiger partial charge in [0.25, 0.3) is 0 Å². The van der Waals surface area contributed by atoms with Crippen molar-refractivity contribution in [2.24, 2.45) is 0 Å². The molecule has 0 radical (unpaired) electrons. The number of rotatable bonds is 5. The molecule has 2 N–H and O–H groups in total. The van der Waals surface area contributed by atoms with E-state index in [9.17, 15) is 32.6 Å². The normalized spacial score (nSPS) is 14.6. The minimum atomic E-state index is -4.96. The molecule has 1 rings (SSSR count). The molecule has 0 saturated heterocycles. The lowest BCUT2D eigenvalue weighted by molar-refractivity contribution is -0.274. The Hall–Kier alpha value is -1.32. The van der Waals surface area contributed by atoms with E-state index in [0.29, 0.717) is 23.9 Å². The molecule has 0 aromatic heterocycles. The number of hydrogen-bond donors (Lipinski definition) is 2. The van der Waals surface area contributed by atoms with E-state index in [0.717, 1.165) is 6.07 Å². The maximum Gasteiger partial charge on any atom is 0.573 e. The van der Waals surface area contributed by atoms with Crippen LogP contribution in [0.5, 0.6) is 5.75 Å². The van der Waals surface area contributed by atoms with E-state index in [-0.39, 0.29) is 10.9 Å². The van der Waals surface area contributed by atoms with Gasteiger partial charge in [-0.1, -0.05) is 11.8 Å². The summed E-state index contributed by atoms with van der Waals surface area (Å²) in [6.45, 7) is 1.24. The second-order valence-electron chi connectivity index (χ2n) is 4.05. The number of aliphatic hydroxyl groups is 2. The van der Waals surface area contributed by atoms with E-state index < -0.39 is 35.7 Å². The third-order valence-corrected chi connectivity index (χ3v) is 3.26. The fourth-order valence-electron chi connectivity index (χ4n) is 1.45. The van der Waals surface area contributed by atoms with Crippen LogP contribution in [0.15, 0.2) is 18.2 Å². The van der Waals surface area contributed by atoms with E-state index >= 15 is 0 Å².